The fourth-order valence-corrected chi connectivity index (χ4v) is 1.11. The normalized spacial score (nSPS) is 13.8. The average Bonchev–Trinajstić information content (AvgIpc) is 2.12. The maximum absolute atomic E-state index is 10.3. The smallest absolute Gasteiger partial charge is 0.319 e. The highest BCUT2D eigenvalue weighted by atomic mass is 35.5. The van der Waals surface area contributed by atoms with E-state index < -0.39 is 0 Å². The van der Waals surface area contributed by atoms with Gasteiger partial charge < -0.3 is 5.73 Å². The number of rotatable bonds is 0. The van der Waals surface area contributed by atoms with Gasteiger partial charge in [0.1, 0.15) is 0 Å². The third-order valence-electron chi connectivity index (χ3n) is 0.834. The molecule has 0 aliphatic carbocycles. The van der Waals surface area contributed by atoms with Gasteiger partial charge in [-0.15, -0.1) is 36.6 Å². The third-order valence-corrected chi connectivity index (χ3v) is 1.58. The minimum absolute atomic E-state index is 0. The Balaban J connectivity index is 0. The van der Waals surface area contributed by atoms with Gasteiger partial charge in [0.15, 0.2) is 0 Å². The van der Waals surface area contributed by atoms with E-state index in [0.717, 1.165) is 0 Å². The average molecular weight is 203 g/mol. The van der Waals surface area contributed by atoms with Crippen LogP contribution < -0.4 is 5.73 Å². The largest absolute Gasteiger partial charge is 0.351 e. The molecule has 0 fully saturated rings. The van der Waals surface area contributed by atoms with Gasteiger partial charge in [-0.1, -0.05) is 0 Å². The molecule has 0 unspecified atom stereocenters. The van der Waals surface area contributed by atoms with Crippen molar-refractivity contribution in [2.45, 2.75) is 0 Å². The number of amides is 2. The summed E-state index contributed by atoms with van der Waals surface area (Å²) < 4.78 is 0. The van der Waals surface area contributed by atoms with Crippen LogP contribution in [0.15, 0.2) is 11.6 Å². The molecule has 2 N–H and O–H groups in total. The lowest BCUT2D eigenvalue weighted by atomic mass is 10.8. The molecule has 0 atom stereocenters. The summed E-state index contributed by atoms with van der Waals surface area (Å²) in [6.07, 6.45) is 1.67. The molecule has 2 amide bonds. The van der Waals surface area contributed by atoms with E-state index in [4.69, 9.17) is 5.73 Å². The number of hydrogen-bond donors (Lipinski definition) is 1. The molecule has 0 saturated carbocycles. The molecule has 1 aliphatic rings. The van der Waals surface area contributed by atoms with Crippen LogP contribution in [0.5, 0.6) is 0 Å². The first-order chi connectivity index (χ1) is 3.80. The molecule has 0 aromatic rings. The van der Waals surface area contributed by atoms with Gasteiger partial charge in [-0.05, 0) is 5.41 Å². The lowest BCUT2D eigenvalue weighted by Crippen LogP contribution is -2.28. The first-order valence-electron chi connectivity index (χ1n) is 2.15. The predicted octanol–water partition coefficient (Wildman–Crippen LogP) is 1.39. The lowest BCUT2D eigenvalue weighted by Gasteiger charge is -2.05. The summed E-state index contributed by atoms with van der Waals surface area (Å²) in [4.78, 5) is 11.7. The van der Waals surface area contributed by atoms with Crippen molar-refractivity contribution in [3.05, 3.63) is 11.6 Å². The SMILES string of the molecule is Cl.Cl.NC(=O)N1C=CSC1. The van der Waals surface area contributed by atoms with E-state index in [0.29, 0.717) is 5.88 Å². The first kappa shape index (κ1) is 12.6. The minimum Gasteiger partial charge on any atom is -0.351 e. The van der Waals surface area contributed by atoms with Crippen LogP contribution in [0.3, 0.4) is 0 Å². The van der Waals surface area contributed by atoms with Gasteiger partial charge in [0.2, 0.25) is 0 Å². The summed E-state index contributed by atoms with van der Waals surface area (Å²) in [7, 11) is 0. The number of carbonyl (C=O) groups excluding carboxylic acids is 1. The summed E-state index contributed by atoms with van der Waals surface area (Å²) in [5, 5.41) is 1.84. The second kappa shape index (κ2) is 5.70. The monoisotopic (exact) mass is 202 g/mol. The van der Waals surface area contributed by atoms with Crippen LogP contribution in [0.4, 0.5) is 4.79 Å². The molecule has 3 nitrogen and oxygen atoms in total. The second-order valence-corrected chi connectivity index (χ2v) is 2.25. The van der Waals surface area contributed by atoms with Crippen LogP contribution in [-0.2, 0) is 0 Å². The van der Waals surface area contributed by atoms with Crippen LogP contribution in [0, 0.1) is 0 Å². The molecule has 0 saturated heterocycles. The standard InChI is InChI=1S/C4H6N2OS.2ClH/c5-4(7)6-1-2-8-3-6;;/h1-2H,3H2,(H2,5,7);2*1H. The van der Waals surface area contributed by atoms with Gasteiger partial charge in [-0.25, -0.2) is 4.79 Å². The number of carbonyl (C=O) groups is 1. The topological polar surface area (TPSA) is 46.3 Å². The quantitative estimate of drug-likeness (QED) is 0.646. The summed E-state index contributed by atoms with van der Waals surface area (Å²) in [5.74, 6) is 0.662. The molecule has 1 rings (SSSR count). The molecule has 0 radical (unpaired) electrons. The number of thioether (sulfide) groups is 1. The van der Waals surface area contributed by atoms with Crippen molar-refractivity contribution in [2.75, 3.05) is 5.88 Å². The van der Waals surface area contributed by atoms with E-state index in [1.54, 1.807) is 18.0 Å². The molecule has 0 aromatic carbocycles. The van der Waals surface area contributed by atoms with Gasteiger partial charge in [0.05, 0.1) is 5.88 Å². The van der Waals surface area contributed by atoms with Crippen molar-refractivity contribution >= 4 is 42.6 Å². The number of primary amides is 1. The molecule has 6 heteroatoms. The molecule has 10 heavy (non-hydrogen) atoms. The highest BCUT2D eigenvalue weighted by molar-refractivity contribution is 8.02. The fourth-order valence-electron chi connectivity index (χ4n) is 0.420. The molecule has 1 aliphatic heterocycles. The Labute approximate surface area is 75.8 Å². The van der Waals surface area contributed by atoms with Crippen molar-refractivity contribution in [3.63, 3.8) is 0 Å². The zero-order valence-corrected chi connectivity index (χ0v) is 7.47. The van der Waals surface area contributed by atoms with E-state index in [9.17, 15) is 4.79 Å². The highest BCUT2D eigenvalue weighted by Gasteiger charge is 2.07. The summed E-state index contributed by atoms with van der Waals surface area (Å²) in [6, 6.07) is -0.383. The fraction of sp³-hybridized carbons (Fsp3) is 0.250. The highest BCUT2D eigenvalue weighted by Crippen LogP contribution is 2.13. The molecular formula is C4H8Cl2N2OS. The van der Waals surface area contributed by atoms with E-state index in [1.807, 2.05) is 5.41 Å². The molecule has 1 heterocycles. The number of urea groups is 1. The van der Waals surface area contributed by atoms with Gasteiger partial charge in [-0.3, -0.25) is 4.90 Å². The molecule has 0 spiro atoms. The van der Waals surface area contributed by atoms with Crippen LogP contribution in [0.2, 0.25) is 0 Å². The van der Waals surface area contributed by atoms with E-state index in [2.05, 4.69) is 0 Å². The van der Waals surface area contributed by atoms with Gasteiger partial charge in [0, 0.05) is 6.20 Å². The lowest BCUT2D eigenvalue weighted by molar-refractivity contribution is 0.230. The predicted molar refractivity (Wildman–Crippen MR) is 47.5 cm³/mol. The zero-order valence-electron chi connectivity index (χ0n) is 5.02. The van der Waals surface area contributed by atoms with Crippen molar-refractivity contribution in [1.82, 2.24) is 4.90 Å². The van der Waals surface area contributed by atoms with E-state index in [1.165, 1.54) is 4.90 Å². The molecule has 0 bridgehead atoms. The molecule has 60 valence electrons. The first-order valence-corrected chi connectivity index (χ1v) is 3.20. The Morgan fingerprint density at radius 3 is 2.40 bits per heavy atom. The number of hydrogen-bond acceptors (Lipinski definition) is 2. The maximum Gasteiger partial charge on any atom is 0.319 e. The molecular weight excluding hydrogens is 195 g/mol. The van der Waals surface area contributed by atoms with Crippen LogP contribution in [0.25, 0.3) is 0 Å². The molecule has 0 aromatic heterocycles. The summed E-state index contributed by atoms with van der Waals surface area (Å²) in [5.41, 5.74) is 4.92. The summed E-state index contributed by atoms with van der Waals surface area (Å²) >= 11 is 1.56. The Morgan fingerprint density at radius 1 is 1.60 bits per heavy atom. The Hall–Kier alpha value is -0.0600. The van der Waals surface area contributed by atoms with E-state index >= 15 is 0 Å². The second-order valence-electron chi connectivity index (χ2n) is 1.39. The van der Waals surface area contributed by atoms with Crippen LogP contribution in [-0.4, -0.2) is 16.8 Å². The van der Waals surface area contributed by atoms with Crippen molar-refractivity contribution in [3.8, 4) is 0 Å². The van der Waals surface area contributed by atoms with E-state index in [-0.39, 0.29) is 30.8 Å². The Morgan fingerprint density at radius 2 is 2.20 bits per heavy atom. The zero-order chi connectivity index (χ0) is 5.98. The Bertz CT molecular complexity index is 141. The van der Waals surface area contributed by atoms with Gasteiger partial charge in [-0.2, -0.15) is 0 Å². The van der Waals surface area contributed by atoms with Crippen LogP contribution >= 0.6 is 36.6 Å². The summed E-state index contributed by atoms with van der Waals surface area (Å²) in [6.45, 7) is 0. The van der Waals surface area contributed by atoms with Crippen LogP contribution in [0.1, 0.15) is 0 Å². The minimum atomic E-state index is -0.383. The number of nitrogens with two attached hydrogens (primary N) is 1. The number of nitrogens with zero attached hydrogens (tertiary/aromatic N) is 1. The number of halogens is 2. The van der Waals surface area contributed by atoms with Crippen molar-refractivity contribution in [2.24, 2.45) is 5.73 Å². The van der Waals surface area contributed by atoms with Gasteiger partial charge >= 0.3 is 6.03 Å². The Kier molecular flexibility index (Phi) is 7.19. The van der Waals surface area contributed by atoms with Crippen molar-refractivity contribution < 1.29 is 4.79 Å². The van der Waals surface area contributed by atoms with Gasteiger partial charge in [0.25, 0.3) is 0 Å². The van der Waals surface area contributed by atoms with Crippen molar-refractivity contribution in [1.29, 1.82) is 0 Å². The maximum atomic E-state index is 10.3. The third kappa shape index (κ3) is 3.20.